The maximum atomic E-state index is 3.63. The second-order valence-electron chi connectivity index (χ2n) is 1.25. The van der Waals surface area contributed by atoms with E-state index in [1.54, 1.807) is 0 Å². The average molecular weight is 82.2 g/mol. The third-order valence-electron chi connectivity index (χ3n) is 0.724. The van der Waals surface area contributed by atoms with Gasteiger partial charge in [-0.3, -0.25) is 0 Å². The lowest BCUT2D eigenvalue weighted by Gasteiger charge is -1.63. The van der Waals surface area contributed by atoms with Gasteiger partial charge in [-0.15, -0.1) is 6.58 Å². The van der Waals surface area contributed by atoms with Crippen molar-refractivity contribution in [1.29, 1.82) is 0 Å². The van der Waals surface area contributed by atoms with Crippen LogP contribution in [0, 0.1) is 0 Å². The highest BCUT2D eigenvalue weighted by atomic mass is 28.2. The first-order valence-electron chi connectivity index (χ1n) is 1.79. The van der Waals surface area contributed by atoms with Crippen LogP contribution in [0.15, 0.2) is 12.7 Å². The lowest BCUT2D eigenvalue weighted by Crippen LogP contribution is -1.47. The molecular formula is C4H6Si. The molecule has 0 aromatic rings. The summed E-state index contributed by atoms with van der Waals surface area (Å²) in [6.45, 7) is 3.63. The van der Waals surface area contributed by atoms with Crippen molar-refractivity contribution < 1.29 is 0 Å². The van der Waals surface area contributed by atoms with E-state index >= 15 is 0 Å². The second kappa shape index (κ2) is 0.975. The molecule has 0 bridgehead atoms. The van der Waals surface area contributed by atoms with Crippen LogP contribution in [0.2, 0.25) is 11.6 Å². The molecule has 1 atom stereocenters. The zero-order valence-corrected chi connectivity index (χ0v) is 4.07. The van der Waals surface area contributed by atoms with Crippen LogP contribution in [0.1, 0.15) is 0 Å². The SMILES string of the molecule is C=C[C@@H]1C[Si]1. The summed E-state index contributed by atoms with van der Waals surface area (Å²) < 4.78 is 0. The number of allylic oxidation sites excluding steroid dienone is 1. The molecule has 1 aliphatic heterocycles. The van der Waals surface area contributed by atoms with E-state index in [2.05, 4.69) is 6.58 Å². The molecule has 1 heterocycles. The molecule has 1 heteroatoms. The smallest absolute Gasteiger partial charge is 0.0463 e. The van der Waals surface area contributed by atoms with Crippen LogP contribution >= 0.6 is 0 Å². The maximum absolute atomic E-state index is 3.63. The Hall–Kier alpha value is -0.0431. The van der Waals surface area contributed by atoms with Crippen molar-refractivity contribution in [2.45, 2.75) is 11.6 Å². The number of hydrogen-bond acceptors (Lipinski definition) is 0. The van der Waals surface area contributed by atoms with Crippen LogP contribution in [0.3, 0.4) is 0 Å². The van der Waals surface area contributed by atoms with E-state index in [1.807, 2.05) is 6.08 Å². The number of rotatable bonds is 1. The average Bonchev–Trinajstić information content (AvgIpc) is 2.12. The van der Waals surface area contributed by atoms with Crippen LogP contribution in [-0.2, 0) is 0 Å². The van der Waals surface area contributed by atoms with E-state index in [4.69, 9.17) is 0 Å². The lowest BCUT2D eigenvalue weighted by atomic mass is 10.5. The fourth-order valence-electron chi connectivity index (χ4n) is 0.235. The van der Waals surface area contributed by atoms with Gasteiger partial charge in [0, 0.05) is 9.52 Å². The van der Waals surface area contributed by atoms with Gasteiger partial charge in [-0.05, 0) is 5.54 Å². The summed E-state index contributed by atoms with van der Waals surface area (Å²) in [4.78, 5) is 0. The van der Waals surface area contributed by atoms with Crippen LogP contribution in [0.5, 0.6) is 0 Å². The molecule has 1 fully saturated rings. The fraction of sp³-hybridized carbons (Fsp3) is 0.500. The van der Waals surface area contributed by atoms with Crippen molar-refractivity contribution >= 4 is 9.52 Å². The van der Waals surface area contributed by atoms with Gasteiger partial charge in [-0.1, -0.05) is 12.1 Å². The molecule has 0 amide bonds. The van der Waals surface area contributed by atoms with E-state index in [0.717, 1.165) is 5.54 Å². The summed E-state index contributed by atoms with van der Waals surface area (Å²) in [5.41, 5.74) is 0.926. The fourth-order valence-corrected chi connectivity index (χ4v) is 0.704. The summed E-state index contributed by atoms with van der Waals surface area (Å²) in [5.74, 6) is 0. The first kappa shape index (κ1) is 3.16. The maximum Gasteiger partial charge on any atom is 0.0463 e. The molecule has 1 saturated heterocycles. The molecule has 5 heavy (non-hydrogen) atoms. The highest BCUT2D eigenvalue weighted by molar-refractivity contribution is 6.51. The topological polar surface area (TPSA) is 0 Å². The molecule has 0 aromatic heterocycles. The van der Waals surface area contributed by atoms with Gasteiger partial charge in [-0.2, -0.15) is 0 Å². The molecular weight excluding hydrogens is 76.1 g/mol. The minimum Gasteiger partial charge on any atom is -0.103 e. The van der Waals surface area contributed by atoms with Crippen molar-refractivity contribution in [3.8, 4) is 0 Å². The van der Waals surface area contributed by atoms with Gasteiger partial charge in [-0.25, -0.2) is 0 Å². The largest absolute Gasteiger partial charge is 0.103 e. The molecule has 0 aromatic carbocycles. The van der Waals surface area contributed by atoms with Gasteiger partial charge in [0.05, 0.1) is 0 Å². The van der Waals surface area contributed by atoms with Crippen LogP contribution in [0.25, 0.3) is 0 Å². The molecule has 1 aliphatic rings. The first-order valence-corrected chi connectivity index (χ1v) is 3.08. The molecule has 0 N–H and O–H groups in total. The normalized spacial score (nSPS) is 33.2. The Morgan fingerprint density at radius 1 is 2.00 bits per heavy atom. The first-order chi connectivity index (χ1) is 2.43. The predicted octanol–water partition coefficient (Wildman–Crippen LogP) is 1.10. The Bertz CT molecular complexity index is 45.6. The highest BCUT2D eigenvalue weighted by Crippen LogP contribution is 2.26. The summed E-state index contributed by atoms with van der Waals surface area (Å²) in [5, 5.41) is 0. The minimum absolute atomic E-state index is 0.926. The van der Waals surface area contributed by atoms with Gasteiger partial charge in [0.15, 0.2) is 0 Å². The van der Waals surface area contributed by atoms with Gasteiger partial charge in [0.25, 0.3) is 0 Å². The molecule has 0 unspecified atom stereocenters. The Labute approximate surface area is 34.7 Å². The lowest BCUT2D eigenvalue weighted by molar-refractivity contribution is 1.39. The monoisotopic (exact) mass is 82.0 g/mol. The zero-order valence-electron chi connectivity index (χ0n) is 3.07. The van der Waals surface area contributed by atoms with Crippen molar-refractivity contribution in [2.75, 3.05) is 0 Å². The molecule has 26 valence electrons. The summed E-state index contributed by atoms with van der Waals surface area (Å²) in [6.07, 6.45) is 2.04. The zero-order chi connectivity index (χ0) is 3.70. The predicted molar refractivity (Wildman–Crippen MR) is 24.5 cm³/mol. The van der Waals surface area contributed by atoms with Crippen LogP contribution < -0.4 is 0 Å². The van der Waals surface area contributed by atoms with Crippen molar-refractivity contribution in [3.05, 3.63) is 12.7 Å². The molecule has 0 aliphatic carbocycles. The summed E-state index contributed by atoms with van der Waals surface area (Å²) in [7, 11) is 1.21. The Balaban J connectivity index is 2.21. The van der Waals surface area contributed by atoms with Crippen LogP contribution in [0.4, 0.5) is 0 Å². The molecule has 0 saturated carbocycles. The van der Waals surface area contributed by atoms with Gasteiger partial charge >= 0.3 is 0 Å². The molecule has 1 rings (SSSR count). The van der Waals surface area contributed by atoms with Crippen LogP contribution in [-0.4, -0.2) is 9.52 Å². The van der Waals surface area contributed by atoms with E-state index in [1.165, 1.54) is 15.6 Å². The van der Waals surface area contributed by atoms with E-state index < -0.39 is 0 Å². The molecule has 0 spiro atoms. The Morgan fingerprint density at radius 3 is 2.60 bits per heavy atom. The molecule has 2 radical (unpaired) electrons. The van der Waals surface area contributed by atoms with Crippen molar-refractivity contribution in [3.63, 3.8) is 0 Å². The van der Waals surface area contributed by atoms with Crippen molar-refractivity contribution in [2.24, 2.45) is 0 Å². The molecule has 0 nitrogen and oxygen atoms in total. The summed E-state index contributed by atoms with van der Waals surface area (Å²) in [6, 6.07) is 1.42. The van der Waals surface area contributed by atoms with Gasteiger partial charge < -0.3 is 0 Å². The summed E-state index contributed by atoms with van der Waals surface area (Å²) >= 11 is 0. The Kier molecular flexibility index (Phi) is 0.616. The quantitative estimate of drug-likeness (QED) is 0.328. The number of hydrogen-bond donors (Lipinski definition) is 0. The van der Waals surface area contributed by atoms with E-state index in [0.29, 0.717) is 0 Å². The standard InChI is InChI=1S/C4H6Si/c1-2-4-3-5-4/h2,4H,1,3H2/t4-/m1/s1. The van der Waals surface area contributed by atoms with Gasteiger partial charge in [0.2, 0.25) is 0 Å². The Morgan fingerprint density at radius 2 is 2.60 bits per heavy atom. The van der Waals surface area contributed by atoms with Crippen molar-refractivity contribution in [1.82, 2.24) is 0 Å². The van der Waals surface area contributed by atoms with E-state index in [9.17, 15) is 0 Å². The third kappa shape index (κ3) is 0.617. The second-order valence-corrected chi connectivity index (χ2v) is 2.81. The van der Waals surface area contributed by atoms with E-state index in [-0.39, 0.29) is 0 Å². The highest BCUT2D eigenvalue weighted by Gasteiger charge is 2.17. The third-order valence-corrected chi connectivity index (χ3v) is 1.84. The minimum atomic E-state index is 0.926. The van der Waals surface area contributed by atoms with Gasteiger partial charge in [0.1, 0.15) is 0 Å².